The highest BCUT2D eigenvalue weighted by atomic mass is 32.1. The van der Waals surface area contributed by atoms with Crippen molar-refractivity contribution in [3.8, 4) is 0 Å². The zero-order chi connectivity index (χ0) is 17.9. The summed E-state index contributed by atoms with van der Waals surface area (Å²) in [6.45, 7) is 4.75. The van der Waals surface area contributed by atoms with Crippen LogP contribution in [0.5, 0.6) is 0 Å². The van der Waals surface area contributed by atoms with E-state index in [0.29, 0.717) is 13.1 Å². The molecule has 0 bridgehead atoms. The van der Waals surface area contributed by atoms with Gasteiger partial charge in [0.05, 0.1) is 23.3 Å². The Morgan fingerprint density at radius 2 is 2.19 bits per heavy atom. The maximum Gasteiger partial charge on any atom is 0.241 e. The first-order valence-electron chi connectivity index (χ1n) is 9.04. The molecule has 1 aliphatic heterocycles. The van der Waals surface area contributed by atoms with Crippen molar-refractivity contribution in [3.63, 3.8) is 0 Å². The first-order chi connectivity index (χ1) is 12.7. The first-order valence-corrected chi connectivity index (χ1v) is 9.92. The van der Waals surface area contributed by atoms with E-state index >= 15 is 0 Å². The fraction of sp³-hybridized carbons (Fsp3) is 0.350. The number of anilines is 1. The standard InChI is InChI=1S/C20H22N4OS/c1-2-9-23(13-19-21-12-18-16(22-19)8-11-26-18)14-20(25)24-10-7-15-5-3-4-6-17(15)24/h3-6,8,11-12H,2,7,9-10,13-14H2,1H3. The normalized spacial score (nSPS) is 13.5. The Kier molecular flexibility index (Phi) is 4.95. The van der Waals surface area contributed by atoms with Crippen molar-refractivity contribution < 1.29 is 4.79 Å². The molecule has 3 heterocycles. The van der Waals surface area contributed by atoms with Crippen LogP contribution in [-0.2, 0) is 17.8 Å². The lowest BCUT2D eigenvalue weighted by Crippen LogP contribution is -2.40. The van der Waals surface area contributed by atoms with Gasteiger partial charge in [-0.3, -0.25) is 9.69 Å². The SMILES string of the molecule is CCCN(CC(=O)N1CCc2ccccc21)Cc1ncc2sccc2n1. The van der Waals surface area contributed by atoms with Gasteiger partial charge in [-0.15, -0.1) is 11.3 Å². The highest BCUT2D eigenvalue weighted by Gasteiger charge is 2.25. The number of carbonyl (C=O) groups excluding carboxylic acids is 1. The molecule has 0 N–H and O–H groups in total. The number of hydrogen-bond acceptors (Lipinski definition) is 5. The van der Waals surface area contributed by atoms with E-state index in [1.807, 2.05) is 40.7 Å². The predicted octanol–water partition coefficient (Wildman–Crippen LogP) is 3.49. The van der Waals surface area contributed by atoms with Crippen molar-refractivity contribution in [2.45, 2.75) is 26.3 Å². The number of amides is 1. The Hall–Kier alpha value is -2.31. The number of carbonyl (C=O) groups is 1. The molecule has 0 spiro atoms. The van der Waals surface area contributed by atoms with E-state index in [0.717, 1.165) is 47.7 Å². The van der Waals surface area contributed by atoms with Gasteiger partial charge in [0.1, 0.15) is 5.82 Å². The van der Waals surface area contributed by atoms with Gasteiger partial charge < -0.3 is 4.90 Å². The Labute approximate surface area is 157 Å². The molecule has 6 heteroatoms. The molecule has 1 amide bonds. The minimum Gasteiger partial charge on any atom is -0.311 e. The lowest BCUT2D eigenvalue weighted by Gasteiger charge is -2.24. The van der Waals surface area contributed by atoms with Crippen LogP contribution in [0.25, 0.3) is 10.2 Å². The number of aromatic nitrogens is 2. The zero-order valence-corrected chi connectivity index (χ0v) is 15.7. The molecule has 0 aliphatic carbocycles. The lowest BCUT2D eigenvalue weighted by molar-refractivity contribution is -0.119. The van der Waals surface area contributed by atoms with Gasteiger partial charge >= 0.3 is 0 Å². The van der Waals surface area contributed by atoms with Gasteiger partial charge in [0.2, 0.25) is 5.91 Å². The molecule has 0 unspecified atom stereocenters. The fourth-order valence-corrected chi connectivity index (χ4v) is 4.18. The van der Waals surface area contributed by atoms with Crippen LogP contribution >= 0.6 is 11.3 Å². The molecule has 134 valence electrons. The number of nitrogens with zero attached hydrogens (tertiary/aromatic N) is 4. The lowest BCUT2D eigenvalue weighted by atomic mass is 10.2. The maximum atomic E-state index is 12.9. The van der Waals surface area contributed by atoms with E-state index in [9.17, 15) is 4.79 Å². The summed E-state index contributed by atoms with van der Waals surface area (Å²) in [7, 11) is 0. The summed E-state index contributed by atoms with van der Waals surface area (Å²) in [5.74, 6) is 0.930. The van der Waals surface area contributed by atoms with E-state index in [1.165, 1.54) is 5.56 Å². The molecule has 0 saturated carbocycles. The monoisotopic (exact) mass is 366 g/mol. The molecule has 1 aliphatic rings. The van der Waals surface area contributed by atoms with E-state index in [1.54, 1.807) is 11.3 Å². The molecule has 5 nitrogen and oxygen atoms in total. The average molecular weight is 366 g/mol. The highest BCUT2D eigenvalue weighted by Crippen LogP contribution is 2.27. The molecule has 0 atom stereocenters. The van der Waals surface area contributed by atoms with Crippen LogP contribution in [0.1, 0.15) is 24.7 Å². The van der Waals surface area contributed by atoms with E-state index in [4.69, 9.17) is 0 Å². The highest BCUT2D eigenvalue weighted by molar-refractivity contribution is 7.17. The topological polar surface area (TPSA) is 49.3 Å². The van der Waals surface area contributed by atoms with Crippen molar-refractivity contribution in [1.29, 1.82) is 0 Å². The number of rotatable bonds is 6. The van der Waals surface area contributed by atoms with E-state index in [2.05, 4.69) is 27.9 Å². The molecule has 0 radical (unpaired) electrons. The van der Waals surface area contributed by atoms with Gasteiger partial charge in [-0.2, -0.15) is 0 Å². The molecule has 3 aromatic rings. The smallest absolute Gasteiger partial charge is 0.241 e. The molecule has 4 rings (SSSR count). The number of thiophene rings is 1. The summed E-state index contributed by atoms with van der Waals surface area (Å²) in [5.41, 5.74) is 3.30. The second kappa shape index (κ2) is 7.51. The summed E-state index contributed by atoms with van der Waals surface area (Å²) in [6, 6.07) is 10.2. The first kappa shape index (κ1) is 17.1. The predicted molar refractivity (Wildman–Crippen MR) is 105 cm³/mol. The number of fused-ring (bicyclic) bond motifs is 2. The molecule has 26 heavy (non-hydrogen) atoms. The van der Waals surface area contributed by atoms with E-state index in [-0.39, 0.29) is 5.91 Å². The fourth-order valence-electron chi connectivity index (χ4n) is 3.48. The van der Waals surface area contributed by atoms with Gasteiger partial charge in [0.25, 0.3) is 0 Å². The minimum absolute atomic E-state index is 0.153. The van der Waals surface area contributed by atoms with Crippen molar-refractivity contribution in [1.82, 2.24) is 14.9 Å². The summed E-state index contributed by atoms with van der Waals surface area (Å²) in [5, 5.41) is 2.03. The second-order valence-corrected chi connectivity index (χ2v) is 7.54. The van der Waals surface area contributed by atoms with Crippen LogP contribution in [0.2, 0.25) is 0 Å². The molecular formula is C20H22N4OS. The molecular weight excluding hydrogens is 344 g/mol. The van der Waals surface area contributed by atoms with Crippen LogP contribution in [0.4, 0.5) is 5.69 Å². The quantitative estimate of drug-likeness (QED) is 0.670. The third-order valence-corrected chi connectivity index (χ3v) is 5.55. The van der Waals surface area contributed by atoms with Crippen molar-refractivity contribution in [3.05, 3.63) is 53.3 Å². The Morgan fingerprint density at radius 3 is 3.08 bits per heavy atom. The van der Waals surface area contributed by atoms with Crippen LogP contribution in [0.15, 0.2) is 41.9 Å². The molecule has 2 aromatic heterocycles. The van der Waals surface area contributed by atoms with Crippen LogP contribution in [0.3, 0.4) is 0 Å². The van der Waals surface area contributed by atoms with E-state index < -0.39 is 0 Å². The van der Waals surface area contributed by atoms with Gasteiger partial charge in [0.15, 0.2) is 0 Å². The van der Waals surface area contributed by atoms with Gasteiger partial charge in [-0.05, 0) is 42.5 Å². The molecule has 1 aromatic carbocycles. The van der Waals surface area contributed by atoms with Crippen molar-refractivity contribution in [2.75, 3.05) is 24.5 Å². The Balaban J connectivity index is 1.47. The maximum absolute atomic E-state index is 12.9. The average Bonchev–Trinajstić information content (AvgIpc) is 3.28. The Bertz CT molecular complexity index is 923. The molecule has 0 fully saturated rings. The Morgan fingerprint density at radius 1 is 1.31 bits per heavy atom. The second-order valence-electron chi connectivity index (χ2n) is 6.59. The van der Waals surface area contributed by atoms with Crippen molar-refractivity contribution >= 4 is 33.1 Å². The van der Waals surface area contributed by atoms with Crippen molar-refractivity contribution in [2.24, 2.45) is 0 Å². The zero-order valence-electron chi connectivity index (χ0n) is 14.9. The van der Waals surface area contributed by atoms with Gasteiger partial charge in [-0.25, -0.2) is 9.97 Å². The summed E-state index contributed by atoms with van der Waals surface area (Å²) >= 11 is 1.65. The minimum atomic E-state index is 0.153. The van der Waals surface area contributed by atoms with Gasteiger partial charge in [-0.1, -0.05) is 25.1 Å². The van der Waals surface area contributed by atoms with Crippen LogP contribution in [0, 0.1) is 0 Å². The van der Waals surface area contributed by atoms with Crippen LogP contribution in [-0.4, -0.2) is 40.4 Å². The number of hydrogen-bond donors (Lipinski definition) is 0. The number of benzene rings is 1. The van der Waals surface area contributed by atoms with Gasteiger partial charge in [0, 0.05) is 18.4 Å². The molecule has 0 saturated heterocycles. The third-order valence-electron chi connectivity index (χ3n) is 4.71. The third kappa shape index (κ3) is 3.48. The summed E-state index contributed by atoms with van der Waals surface area (Å²) < 4.78 is 1.10. The largest absolute Gasteiger partial charge is 0.311 e. The summed E-state index contributed by atoms with van der Waals surface area (Å²) in [6.07, 6.45) is 3.81. The summed E-state index contributed by atoms with van der Waals surface area (Å²) in [4.78, 5) is 26.1. The number of para-hydroxylation sites is 1. The van der Waals surface area contributed by atoms with Crippen LogP contribution < -0.4 is 4.90 Å².